The van der Waals surface area contributed by atoms with Crippen LogP contribution in [0.4, 0.5) is 0 Å². The van der Waals surface area contributed by atoms with Crippen LogP contribution in [0.2, 0.25) is 5.15 Å². The van der Waals surface area contributed by atoms with Crippen LogP contribution >= 0.6 is 11.6 Å². The molecule has 2 heterocycles. The van der Waals surface area contributed by atoms with Crippen LogP contribution in [0.1, 0.15) is 5.69 Å². The normalized spacial score (nSPS) is 9.71. The number of aromatic amines is 1. The van der Waals surface area contributed by atoms with E-state index < -0.39 is 0 Å². The minimum atomic E-state index is 0.308. The molecule has 0 fully saturated rings. The van der Waals surface area contributed by atoms with Gasteiger partial charge in [0.25, 0.3) is 0 Å². The molecule has 2 aromatic rings. The molecule has 0 spiro atoms. The van der Waals surface area contributed by atoms with Crippen molar-refractivity contribution in [2.24, 2.45) is 0 Å². The van der Waals surface area contributed by atoms with Gasteiger partial charge in [0, 0.05) is 17.3 Å². The average molecular weight is 205 g/mol. The molecule has 0 bridgehead atoms. The number of nitriles is 1. The Kier molecular flexibility index (Phi) is 2.17. The van der Waals surface area contributed by atoms with E-state index in [1.807, 2.05) is 6.07 Å². The summed E-state index contributed by atoms with van der Waals surface area (Å²) in [6.07, 6.45) is 3.36. The number of pyridine rings is 1. The number of H-pyrrole nitrogens is 1. The Hall–Kier alpha value is -1.86. The summed E-state index contributed by atoms with van der Waals surface area (Å²) >= 11 is 5.90. The molecule has 4 nitrogen and oxygen atoms in total. The Morgan fingerprint density at radius 2 is 2.29 bits per heavy atom. The number of hydrogen-bond donors (Lipinski definition) is 1. The Labute approximate surface area is 85.2 Å². The smallest absolute Gasteiger partial charge is 0.142 e. The lowest BCUT2D eigenvalue weighted by atomic mass is 10.1. The van der Waals surface area contributed by atoms with Crippen LogP contribution in [0.15, 0.2) is 24.5 Å². The van der Waals surface area contributed by atoms with E-state index in [2.05, 4.69) is 15.2 Å². The molecule has 0 aliphatic rings. The van der Waals surface area contributed by atoms with Crippen LogP contribution in [-0.4, -0.2) is 15.2 Å². The maximum absolute atomic E-state index is 8.59. The van der Waals surface area contributed by atoms with E-state index in [1.165, 1.54) is 0 Å². The molecule has 0 saturated carbocycles. The van der Waals surface area contributed by atoms with Crippen LogP contribution in [0.3, 0.4) is 0 Å². The largest absolute Gasteiger partial charge is 0.285 e. The molecule has 0 amide bonds. The Morgan fingerprint density at radius 1 is 1.43 bits per heavy atom. The van der Waals surface area contributed by atoms with Gasteiger partial charge in [-0.3, -0.25) is 5.10 Å². The fourth-order valence-corrected chi connectivity index (χ4v) is 1.37. The zero-order chi connectivity index (χ0) is 9.97. The van der Waals surface area contributed by atoms with Crippen molar-refractivity contribution in [2.45, 2.75) is 0 Å². The van der Waals surface area contributed by atoms with Crippen LogP contribution in [0.5, 0.6) is 0 Å². The second-order valence-corrected chi connectivity index (χ2v) is 2.99. The lowest BCUT2D eigenvalue weighted by Gasteiger charge is -1.99. The zero-order valence-electron chi connectivity index (χ0n) is 7.03. The summed E-state index contributed by atoms with van der Waals surface area (Å²) < 4.78 is 0. The third kappa shape index (κ3) is 1.45. The number of hydrogen-bond acceptors (Lipinski definition) is 3. The highest BCUT2D eigenvalue weighted by atomic mass is 35.5. The monoisotopic (exact) mass is 204 g/mol. The van der Waals surface area contributed by atoms with Crippen LogP contribution in [0, 0.1) is 11.3 Å². The van der Waals surface area contributed by atoms with Gasteiger partial charge in [-0.2, -0.15) is 10.4 Å². The maximum atomic E-state index is 8.59. The van der Waals surface area contributed by atoms with E-state index in [1.54, 1.807) is 24.5 Å². The topological polar surface area (TPSA) is 65.4 Å². The van der Waals surface area contributed by atoms with Gasteiger partial charge >= 0.3 is 0 Å². The minimum absolute atomic E-state index is 0.308. The highest BCUT2D eigenvalue weighted by Gasteiger charge is 2.06. The van der Waals surface area contributed by atoms with E-state index in [9.17, 15) is 0 Å². The molecule has 0 saturated heterocycles. The van der Waals surface area contributed by atoms with Gasteiger partial charge in [0.1, 0.15) is 16.9 Å². The van der Waals surface area contributed by atoms with Crippen molar-refractivity contribution in [2.75, 3.05) is 0 Å². The van der Waals surface area contributed by atoms with Gasteiger partial charge in [-0.25, -0.2) is 4.98 Å². The third-order valence-electron chi connectivity index (χ3n) is 1.77. The Morgan fingerprint density at radius 3 is 2.86 bits per heavy atom. The highest BCUT2D eigenvalue weighted by Crippen LogP contribution is 2.25. The molecule has 0 aliphatic heterocycles. The Balaban J connectivity index is 2.52. The standard InChI is InChI=1S/C9H5ClN4/c10-9-8(6-4-12-13-5-6)2-1-7(3-11)14-9/h1-2,4-5H,(H,12,13). The summed E-state index contributed by atoms with van der Waals surface area (Å²) in [6, 6.07) is 5.29. The molecular formula is C9H5ClN4. The van der Waals surface area contributed by atoms with Crippen molar-refractivity contribution in [1.29, 1.82) is 5.26 Å². The van der Waals surface area contributed by atoms with Gasteiger partial charge in [-0.1, -0.05) is 11.6 Å². The number of halogens is 1. The van der Waals surface area contributed by atoms with Crippen LogP contribution < -0.4 is 0 Å². The number of nitrogens with one attached hydrogen (secondary N) is 1. The van der Waals surface area contributed by atoms with E-state index in [0.29, 0.717) is 10.8 Å². The fourth-order valence-electron chi connectivity index (χ4n) is 1.11. The third-order valence-corrected chi connectivity index (χ3v) is 2.06. The first-order valence-corrected chi connectivity index (χ1v) is 4.25. The Bertz CT molecular complexity index is 484. The molecule has 0 aliphatic carbocycles. The van der Waals surface area contributed by atoms with Gasteiger partial charge in [0.15, 0.2) is 0 Å². The molecule has 5 heteroatoms. The van der Waals surface area contributed by atoms with E-state index in [0.717, 1.165) is 11.1 Å². The molecule has 0 unspecified atom stereocenters. The molecule has 2 aromatic heterocycles. The van der Waals surface area contributed by atoms with Gasteiger partial charge in [0.05, 0.1) is 6.20 Å². The van der Waals surface area contributed by atoms with Gasteiger partial charge in [-0.15, -0.1) is 0 Å². The van der Waals surface area contributed by atoms with E-state index >= 15 is 0 Å². The summed E-state index contributed by atoms with van der Waals surface area (Å²) in [5.74, 6) is 0. The quantitative estimate of drug-likeness (QED) is 0.723. The molecule has 2 rings (SSSR count). The number of nitrogens with zero attached hydrogens (tertiary/aromatic N) is 3. The summed E-state index contributed by atoms with van der Waals surface area (Å²) in [5.41, 5.74) is 1.92. The van der Waals surface area contributed by atoms with Crippen molar-refractivity contribution in [3.8, 4) is 17.2 Å². The van der Waals surface area contributed by atoms with E-state index in [-0.39, 0.29) is 0 Å². The molecule has 0 atom stereocenters. The zero-order valence-corrected chi connectivity index (χ0v) is 7.78. The SMILES string of the molecule is N#Cc1ccc(-c2cn[nH]c2)c(Cl)n1. The minimum Gasteiger partial charge on any atom is -0.285 e. The maximum Gasteiger partial charge on any atom is 0.142 e. The average Bonchev–Trinajstić information content (AvgIpc) is 2.70. The second kappa shape index (κ2) is 3.48. The number of aromatic nitrogens is 3. The second-order valence-electron chi connectivity index (χ2n) is 2.63. The van der Waals surface area contributed by atoms with Gasteiger partial charge in [0.2, 0.25) is 0 Å². The van der Waals surface area contributed by atoms with Crippen LogP contribution in [0.25, 0.3) is 11.1 Å². The van der Waals surface area contributed by atoms with Crippen molar-refractivity contribution < 1.29 is 0 Å². The van der Waals surface area contributed by atoms with Crippen molar-refractivity contribution in [1.82, 2.24) is 15.2 Å². The summed E-state index contributed by atoms with van der Waals surface area (Å²) in [4.78, 5) is 3.91. The summed E-state index contributed by atoms with van der Waals surface area (Å²) in [5, 5.41) is 15.4. The first-order chi connectivity index (χ1) is 6.81. The lowest BCUT2D eigenvalue weighted by Crippen LogP contribution is -1.85. The van der Waals surface area contributed by atoms with Crippen molar-refractivity contribution in [3.63, 3.8) is 0 Å². The van der Waals surface area contributed by atoms with Crippen LogP contribution in [-0.2, 0) is 0 Å². The predicted molar refractivity (Wildman–Crippen MR) is 51.5 cm³/mol. The fraction of sp³-hybridized carbons (Fsp3) is 0. The molecule has 0 aromatic carbocycles. The van der Waals surface area contributed by atoms with Crippen molar-refractivity contribution in [3.05, 3.63) is 35.4 Å². The first-order valence-electron chi connectivity index (χ1n) is 3.87. The molecule has 14 heavy (non-hydrogen) atoms. The molecule has 1 N–H and O–H groups in total. The van der Waals surface area contributed by atoms with Gasteiger partial charge in [-0.05, 0) is 12.1 Å². The first kappa shape index (κ1) is 8.73. The number of rotatable bonds is 1. The summed E-state index contributed by atoms with van der Waals surface area (Å²) in [6.45, 7) is 0. The molecular weight excluding hydrogens is 200 g/mol. The van der Waals surface area contributed by atoms with Gasteiger partial charge < -0.3 is 0 Å². The molecule has 0 radical (unpaired) electrons. The van der Waals surface area contributed by atoms with E-state index in [4.69, 9.17) is 16.9 Å². The van der Waals surface area contributed by atoms with Crippen molar-refractivity contribution >= 4 is 11.6 Å². The summed E-state index contributed by atoms with van der Waals surface area (Å²) in [7, 11) is 0. The highest BCUT2D eigenvalue weighted by molar-refractivity contribution is 6.32. The lowest BCUT2D eigenvalue weighted by molar-refractivity contribution is 1.09. The predicted octanol–water partition coefficient (Wildman–Crippen LogP) is 2.00. The molecule has 68 valence electrons.